The highest BCUT2D eigenvalue weighted by Gasteiger charge is 2.40. The fourth-order valence-corrected chi connectivity index (χ4v) is 5.23. The first kappa shape index (κ1) is 21.5. The van der Waals surface area contributed by atoms with E-state index in [0.29, 0.717) is 29.5 Å². The molecule has 3 aliphatic rings. The highest BCUT2D eigenvalue weighted by Crippen LogP contribution is 2.38. The number of fused-ring (bicyclic) bond motifs is 3. The number of piperazine rings is 1. The molecule has 3 saturated heterocycles. The number of hydrogen-bond donors (Lipinski definition) is 2. The van der Waals surface area contributed by atoms with E-state index in [0.717, 1.165) is 31.7 Å². The summed E-state index contributed by atoms with van der Waals surface area (Å²) in [4.78, 5) is 13.9. The van der Waals surface area contributed by atoms with Crippen molar-refractivity contribution in [3.05, 3.63) is 60.8 Å². The van der Waals surface area contributed by atoms with Crippen LogP contribution in [0.4, 0.5) is 23.1 Å². The third-order valence-electron chi connectivity index (χ3n) is 6.26. The number of primary sulfonamides is 1. The topological polar surface area (TPSA) is 114 Å². The summed E-state index contributed by atoms with van der Waals surface area (Å²) in [6, 6.07) is 17.5. The Bertz CT molecular complexity index is 1250. The van der Waals surface area contributed by atoms with E-state index in [4.69, 9.17) is 14.9 Å². The van der Waals surface area contributed by atoms with E-state index < -0.39 is 10.0 Å². The Kier molecular flexibility index (Phi) is 5.55. The van der Waals surface area contributed by atoms with Gasteiger partial charge in [-0.1, -0.05) is 24.3 Å². The van der Waals surface area contributed by atoms with Crippen molar-refractivity contribution in [2.75, 3.05) is 35.3 Å². The molecule has 2 bridgehead atoms. The van der Waals surface area contributed by atoms with Gasteiger partial charge >= 0.3 is 0 Å². The van der Waals surface area contributed by atoms with Crippen LogP contribution in [-0.2, 0) is 10.0 Å². The standard InChI is InChI=1S/C23H26N6O3S/c1-32-21-13-25-23(26-16-6-5-9-20(12-16)33(24,30)31)27-22(21)29-15-18-10-11-19(29)14-28(18)17-7-3-2-4-8-17/h2-9,12-13,18-19H,10-11,14-15H2,1H3,(H2,24,30,31)(H,25,26,27)/t18-,19?/m0/s1. The zero-order chi connectivity index (χ0) is 23.0. The molecule has 3 fully saturated rings. The quantitative estimate of drug-likeness (QED) is 0.570. The van der Waals surface area contributed by atoms with Gasteiger partial charge in [-0.15, -0.1) is 0 Å². The summed E-state index contributed by atoms with van der Waals surface area (Å²) in [6.07, 6.45) is 3.86. The number of rotatable bonds is 6. The molecule has 4 heterocycles. The molecule has 3 aliphatic heterocycles. The van der Waals surface area contributed by atoms with Gasteiger partial charge < -0.3 is 19.9 Å². The van der Waals surface area contributed by atoms with Crippen LogP contribution in [0.25, 0.3) is 0 Å². The molecule has 0 saturated carbocycles. The van der Waals surface area contributed by atoms with E-state index >= 15 is 0 Å². The highest BCUT2D eigenvalue weighted by molar-refractivity contribution is 7.89. The Hall–Kier alpha value is -3.37. The Morgan fingerprint density at radius 3 is 2.42 bits per heavy atom. The van der Waals surface area contributed by atoms with Gasteiger partial charge in [-0.25, -0.2) is 18.5 Å². The fourth-order valence-electron chi connectivity index (χ4n) is 4.68. The van der Waals surface area contributed by atoms with Gasteiger partial charge in [0.15, 0.2) is 11.6 Å². The van der Waals surface area contributed by atoms with Crippen LogP contribution in [-0.4, -0.2) is 50.7 Å². The van der Waals surface area contributed by atoms with E-state index in [2.05, 4.69) is 44.4 Å². The summed E-state index contributed by atoms with van der Waals surface area (Å²) in [5, 5.41) is 8.34. The van der Waals surface area contributed by atoms with Crippen LogP contribution in [0.2, 0.25) is 0 Å². The lowest BCUT2D eigenvalue weighted by molar-refractivity contribution is 0.326. The van der Waals surface area contributed by atoms with Crippen LogP contribution in [0.3, 0.4) is 0 Å². The molecular weight excluding hydrogens is 440 g/mol. The molecule has 3 aromatic rings. The fraction of sp³-hybridized carbons (Fsp3) is 0.304. The van der Waals surface area contributed by atoms with Crippen molar-refractivity contribution in [2.45, 2.75) is 29.8 Å². The second kappa shape index (κ2) is 8.53. The Morgan fingerprint density at radius 1 is 1.03 bits per heavy atom. The van der Waals surface area contributed by atoms with E-state index in [1.165, 1.54) is 17.8 Å². The predicted octanol–water partition coefficient (Wildman–Crippen LogP) is 2.73. The molecule has 10 heteroatoms. The van der Waals surface area contributed by atoms with Crippen molar-refractivity contribution in [1.82, 2.24) is 9.97 Å². The first-order chi connectivity index (χ1) is 15.9. The van der Waals surface area contributed by atoms with E-state index in [9.17, 15) is 8.42 Å². The maximum Gasteiger partial charge on any atom is 0.238 e. The largest absolute Gasteiger partial charge is 0.491 e. The first-order valence-corrected chi connectivity index (χ1v) is 12.4. The molecule has 1 aromatic heterocycles. The van der Waals surface area contributed by atoms with E-state index in [1.54, 1.807) is 25.4 Å². The summed E-state index contributed by atoms with van der Waals surface area (Å²) in [7, 11) is -2.19. The lowest BCUT2D eigenvalue weighted by Gasteiger charge is -2.53. The van der Waals surface area contributed by atoms with Crippen LogP contribution in [0.5, 0.6) is 5.75 Å². The number of piperidine rings is 2. The Labute approximate surface area is 193 Å². The van der Waals surface area contributed by atoms with Gasteiger partial charge in [0.05, 0.1) is 18.2 Å². The number of nitrogens with one attached hydrogen (secondary N) is 1. The van der Waals surface area contributed by atoms with Crippen molar-refractivity contribution in [2.24, 2.45) is 5.14 Å². The molecule has 172 valence electrons. The number of sulfonamides is 1. The van der Waals surface area contributed by atoms with E-state index in [1.807, 2.05) is 6.07 Å². The number of anilines is 4. The minimum atomic E-state index is -3.80. The number of nitrogens with zero attached hydrogens (tertiary/aromatic N) is 4. The average Bonchev–Trinajstić information content (AvgIpc) is 2.84. The molecule has 0 spiro atoms. The van der Waals surface area contributed by atoms with Crippen LogP contribution >= 0.6 is 0 Å². The number of hydrogen-bond acceptors (Lipinski definition) is 8. The molecule has 3 N–H and O–H groups in total. The smallest absolute Gasteiger partial charge is 0.238 e. The minimum Gasteiger partial charge on any atom is -0.491 e. The van der Waals surface area contributed by atoms with Crippen LogP contribution in [0.15, 0.2) is 65.7 Å². The predicted molar refractivity (Wildman–Crippen MR) is 128 cm³/mol. The minimum absolute atomic E-state index is 0.0237. The number of benzene rings is 2. The Balaban J connectivity index is 1.41. The van der Waals surface area contributed by atoms with Crippen molar-refractivity contribution in [1.29, 1.82) is 0 Å². The molecule has 2 aromatic carbocycles. The molecule has 6 rings (SSSR count). The second-order valence-electron chi connectivity index (χ2n) is 8.31. The SMILES string of the molecule is COc1cnc(Nc2cccc(S(N)(=O)=O)c2)nc1N1C[C@@H]2CCC1CN2c1ccccc1. The first-order valence-electron chi connectivity index (χ1n) is 10.8. The molecule has 0 aliphatic carbocycles. The van der Waals surface area contributed by atoms with Crippen molar-refractivity contribution in [3.8, 4) is 5.75 Å². The second-order valence-corrected chi connectivity index (χ2v) is 9.87. The number of ether oxygens (including phenoxy) is 1. The van der Waals surface area contributed by atoms with Crippen molar-refractivity contribution < 1.29 is 13.2 Å². The van der Waals surface area contributed by atoms with E-state index in [-0.39, 0.29) is 4.90 Å². The molecule has 0 amide bonds. The monoisotopic (exact) mass is 466 g/mol. The molecule has 0 radical (unpaired) electrons. The third kappa shape index (κ3) is 4.31. The van der Waals surface area contributed by atoms with Gasteiger partial charge in [0.2, 0.25) is 16.0 Å². The van der Waals surface area contributed by atoms with Gasteiger partial charge in [0.1, 0.15) is 0 Å². The number of nitrogens with two attached hydrogens (primary N) is 1. The van der Waals surface area contributed by atoms with Gasteiger partial charge in [-0.05, 0) is 43.2 Å². The average molecular weight is 467 g/mol. The summed E-state index contributed by atoms with van der Waals surface area (Å²) in [5.41, 5.74) is 1.78. The van der Waals surface area contributed by atoms with Gasteiger partial charge in [-0.3, -0.25) is 0 Å². The highest BCUT2D eigenvalue weighted by atomic mass is 32.2. The lowest BCUT2D eigenvalue weighted by Crippen LogP contribution is -2.63. The van der Waals surface area contributed by atoms with Crippen LogP contribution in [0, 0.1) is 0 Å². The maximum absolute atomic E-state index is 11.7. The molecular formula is C23H26N6O3S. The number of methoxy groups -OCH3 is 1. The molecule has 2 atom stereocenters. The lowest BCUT2D eigenvalue weighted by atomic mass is 9.90. The molecule has 9 nitrogen and oxygen atoms in total. The zero-order valence-electron chi connectivity index (χ0n) is 18.3. The van der Waals surface area contributed by atoms with Gasteiger partial charge in [0, 0.05) is 36.5 Å². The molecule has 1 unspecified atom stereocenters. The van der Waals surface area contributed by atoms with Gasteiger partial charge in [0.25, 0.3) is 0 Å². The summed E-state index contributed by atoms with van der Waals surface area (Å²) < 4.78 is 28.9. The third-order valence-corrected chi connectivity index (χ3v) is 7.18. The van der Waals surface area contributed by atoms with Gasteiger partial charge in [-0.2, -0.15) is 4.98 Å². The summed E-state index contributed by atoms with van der Waals surface area (Å²) in [6.45, 7) is 1.76. The zero-order valence-corrected chi connectivity index (χ0v) is 19.1. The summed E-state index contributed by atoms with van der Waals surface area (Å²) >= 11 is 0. The number of aromatic nitrogens is 2. The normalized spacial score (nSPS) is 20.1. The summed E-state index contributed by atoms with van der Waals surface area (Å²) in [5.74, 6) is 1.70. The van der Waals surface area contributed by atoms with Crippen LogP contribution in [0.1, 0.15) is 12.8 Å². The number of para-hydroxylation sites is 1. The van der Waals surface area contributed by atoms with Crippen molar-refractivity contribution >= 4 is 33.2 Å². The van der Waals surface area contributed by atoms with Crippen LogP contribution < -0.4 is 25.0 Å². The molecule has 33 heavy (non-hydrogen) atoms. The Morgan fingerprint density at radius 2 is 1.76 bits per heavy atom. The van der Waals surface area contributed by atoms with Crippen molar-refractivity contribution in [3.63, 3.8) is 0 Å². The maximum atomic E-state index is 11.7.